The van der Waals surface area contributed by atoms with E-state index >= 15 is 0 Å². The molecule has 7 nitrogen and oxygen atoms in total. The number of hydrogen-bond donors (Lipinski definition) is 2. The highest BCUT2D eigenvalue weighted by atomic mass is 16.5. The monoisotopic (exact) mass is 434 g/mol. The number of rotatable bonds is 5. The van der Waals surface area contributed by atoms with Gasteiger partial charge in [-0.25, -0.2) is 4.79 Å². The number of carboxylic acid groups (broad SMARTS) is 1. The number of hydrogen-bond acceptors (Lipinski definition) is 4. The highest BCUT2D eigenvalue weighted by molar-refractivity contribution is 5.93. The van der Waals surface area contributed by atoms with Gasteiger partial charge in [-0.15, -0.1) is 0 Å². The predicted octanol–water partition coefficient (Wildman–Crippen LogP) is 3.38. The van der Waals surface area contributed by atoms with Gasteiger partial charge in [0.15, 0.2) is 0 Å². The van der Waals surface area contributed by atoms with E-state index in [0.29, 0.717) is 38.8 Å². The zero-order valence-corrected chi connectivity index (χ0v) is 17.8. The number of nitrogens with one attached hydrogen (secondary N) is 1. The number of ether oxygens (including phenoxy) is 1. The summed E-state index contributed by atoms with van der Waals surface area (Å²) in [6.07, 6.45) is 1.46. The minimum Gasteiger partial charge on any atom is -0.481 e. The minimum absolute atomic E-state index is 0.0333. The summed E-state index contributed by atoms with van der Waals surface area (Å²) in [7, 11) is 0. The van der Waals surface area contributed by atoms with Crippen molar-refractivity contribution >= 4 is 18.0 Å². The molecule has 2 N–H and O–H groups in total. The highest BCUT2D eigenvalue weighted by Crippen LogP contribution is 2.44. The van der Waals surface area contributed by atoms with E-state index in [0.717, 1.165) is 22.3 Å². The molecular formula is C25H26N2O5. The maximum Gasteiger partial charge on any atom is 0.408 e. The molecule has 0 bridgehead atoms. The number of carboxylic acids is 1. The van der Waals surface area contributed by atoms with Gasteiger partial charge >= 0.3 is 12.1 Å². The summed E-state index contributed by atoms with van der Waals surface area (Å²) < 4.78 is 5.60. The second-order valence-electron chi connectivity index (χ2n) is 8.94. The maximum atomic E-state index is 13.0. The third-order valence-corrected chi connectivity index (χ3v) is 6.98. The van der Waals surface area contributed by atoms with Crippen molar-refractivity contribution in [1.29, 1.82) is 0 Å². The maximum absolute atomic E-state index is 13.0. The number of fused-ring (bicyclic) bond motifs is 3. The first-order valence-corrected chi connectivity index (χ1v) is 11.1. The quantitative estimate of drug-likeness (QED) is 0.752. The zero-order valence-electron chi connectivity index (χ0n) is 17.8. The average molecular weight is 434 g/mol. The van der Waals surface area contributed by atoms with Crippen LogP contribution in [0.2, 0.25) is 0 Å². The van der Waals surface area contributed by atoms with E-state index in [2.05, 4.69) is 29.6 Å². The number of alkyl carbamates (subject to hydrolysis) is 1. The van der Waals surface area contributed by atoms with Gasteiger partial charge in [-0.1, -0.05) is 48.5 Å². The molecule has 1 heterocycles. The number of piperidine rings is 1. The van der Waals surface area contributed by atoms with E-state index in [9.17, 15) is 14.4 Å². The molecule has 0 aromatic heterocycles. The Morgan fingerprint density at radius 1 is 0.969 bits per heavy atom. The SMILES string of the molecule is O=C(NC1(C(=O)N2CCC(C(=O)O)CC2)CC1)OCC1c2ccccc2-c2ccccc21. The topological polar surface area (TPSA) is 95.9 Å². The molecule has 2 aromatic rings. The van der Waals surface area contributed by atoms with Gasteiger partial charge in [-0.3, -0.25) is 9.59 Å². The fourth-order valence-electron chi connectivity index (χ4n) is 4.98. The Balaban J connectivity index is 1.21. The van der Waals surface area contributed by atoms with Crippen LogP contribution in [0.15, 0.2) is 48.5 Å². The van der Waals surface area contributed by atoms with Crippen molar-refractivity contribution in [3.8, 4) is 11.1 Å². The summed E-state index contributed by atoms with van der Waals surface area (Å²) in [4.78, 5) is 38.4. The van der Waals surface area contributed by atoms with Gasteiger partial charge in [0.05, 0.1) is 5.92 Å². The molecule has 1 aliphatic heterocycles. The molecule has 2 aliphatic carbocycles. The van der Waals surface area contributed by atoms with E-state index < -0.39 is 23.5 Å². The van der Waals surface area contributed by atoms with Crippen LogP contribution in [0.25, 0.3) is 11.1 Å². The van der Waals surface area contributed by atoms with Gasteiger partial charge in [0.1, 0.15) is 12.1 Å². The number of carbonyl (C=O) groups excluding carboxylic acids is 2. The average Bonchev–Trinajstić information content (AvgIpc) is 3.52. The van der Waals surface area contributed by atoms with Crippen LogP contribution in [0.4, 0.5) is 4.79 Å². The lowest BCUT2D eigenvalue weighted by Crippen LogP contribution is -2.53. The van der Waals surface area contributed by atoms with Crippen molar-refractivity contribution in [2.75, 3.05) is 19.7 Å². The van der Waals surface area contributed by atoms with Crippen molar-refractivity contribution in [1.82, 2.24) is 10.2 Å². The molecule has 0 unspecified atom stereocenters. The van der Waals surface area contributed by atoms with Crippen molar-refractivity contribution in [2.24, 2.45) is 5.92 Å². The van der Waals surface area contributed by atoms with Gasteiger partial charge in [0.2, 0.25) is 5.91 Å². The Morgan fingerprint density at radius 3 is 2.06 bits per heavy atom. The molecule has 2 amide bonds. The molecule has 0 spiro atoms. The number of carbonyl (C=O) groups is 3. The molecule has 2 aromatic carbocycles. The number of amides is 2. The Morgan fingerprint density at radius 2 is 1.53 bits per heavy atom. The second kappa shape index (κ2) is 7.97. The molecule has 3 aliphatic rings. The largest absolute Gasteiger partial charge is 0.481 e. The molecule has 32 heavy (non-hydrogen) atoms. The molecule has 7 heteroatoms. The van der Waals surface area contributed by atoms with Crippen molar-refractivity contribution in [3.63, 3.8) is 0 Å². The lowest BCUT2D eigenvalue weighted by Gasteiger charge is -2.33. The molecule has 1 saturated heterocycles. The summed E-state index contributed by atoms with van der Waals surface area (Å²) in [6, 6.07) is 16.3. The van der Waals surface area contributed by atoms with Gasteiger partial charge in [0, 0.05) is 19.0 Å². The summed E-state index contributed by atoms with van der Waals surface area (Å²) in [5, 5.41) is 12.0. The zero-order chi connectivity index (χ0) is 22.3. The van der Waals surface area contributed by atoms with Crippen LogP contribution < -0.4 is 5.32 Å². The Bertz CT molecular complexity index is 1020. The first-order chi connectivity index (χ1) is 15.5. The number of benzene rings is 2. The van der Waals surface area contributed by atoms with Gasteiger partial charge < -0.3 is 20.1 Å². The first kappa shape index (κ1) is 20.5. The van der Waals surface area contributed by atoms with Crippen molar-refractivity contribution in [3.05, 3.63) is 59.7 Å². The third kappa shape index (κ3) is 3.61. The predicted molar refractivity (Wildman–Crippen MR) is 117 cm³/mol. The van der Waals surface area contributed by atoms with Crippen LogP contribution >= 0.6 is 0 Å². The van der Waals surface area contributed by atoms with E-state index in [1.54, 1.807) is 4.90 Å². The molecule has 0 atom stereocenters. The van der Waals surface area contributed by atoms with E-state index in [4.69, 9.17) is 9.84 Å². The van der Waals surface area contributed by atoms with Crippen LogP contribution in [-0.4, -0.2) is 53.2 Å². The van der Waals surface area contributed by atoms with Gasteiger partial charge in [-0.05, 0) is 47.9 Å². The lowest BCUT2D eigenvalue weighted by atomic mass is 9.96. The fraction of sp³-hybridized carbons (Fsp3) is 0.400. The van der Waals surface area contributed by atoms with Crippen LogP contribution in [0.1, 0.15) is 42.7 Å². The Labute approximate surface area is 186 Å². The van der Waals surface area contributed by atoms with Crippen LogP contribution in [0, 0.1) is 5.92 Å². The fourth-order valence-corrected chi connectivity index (χ4v) is 4.98. The van der Waals surface area contributed by atoms with Crippen LogP contribution in [0.5, 0.6) is 0 Å². The summed E-state index contributed by atoms with van der Waals surface area (Å²) >= 11 is 0. The number of nitrogens with zero attached hydrogens (tertiary/aromatic N) is 1. The normalized spacial score (nSPS) is 19.1. The van der Waals surface area contributed by atoms with Crippen molar-refractivity contribution in [2.45, 2.75) is 37.1 Å². The Kier molecular flexibility index (Phi) is 5.12. The van der Waals surface area contributed by atoms with Crippen LogP contribution in [0.3, 0.4) is 0 Å². The molecule has 2 fully saturated rings. The first-order valence-electron chi connectivity index (χ1n) is 11.1. The number of likely N-dealkylation sites (tertiary alicyclic amines) is 1. The molecule has 0 radical (unpaired) electrons. The standard InChI is InChI=1S/C25H26N2O5/c28-22(29)16-9-13-27(14-10-16)23(30)25(11-12-25)26-24(31)32-15-21-19-7-3-1-5-17(19)18-6-2-4-8-20(18)21/h1-8,16,21H,9-15H2,(H,26,31)(H,28,29). The van der Waals surface area contributed by atoms with E-state index in [-0.39, 0.29) is 18.4 Å². The molecule has 1 saturated carbocycles. The molecule has 5 rings (SSSR count). The van der Waals surface area contributed by atoms with Crippen LogP contribution in [-0.2, 0) is 14.3 Å². The lowest BCUT2D eigenvalue weighted by molar-refractivity contribution is -0.146. The third-order valence-electron chi connectivity index (χ3n) is 6.98. The van der Waals surface area contributed by atoms with E-state index in [1.807, 2.05) is 24.3 Å². The van der Waals surface area contributed by atoms with Gasteiger partial charge in [-0.2, -0.15) is 0 Å². The summed E-state index contributed by atoms with van der Waals surface area (Å²) in [6.45, 7) is 1.02. The molecular weight excluding hydrogens is 408 g/mol. The number of aliphatic carboxylic acids is 1. The minimum atomic E-state index is -0.904. The summed E-state index contributed by atoms with van der Waals surface area (Å²) in [5.74, 6) is -1.37. The summed E-state index contributed by atoms with van der Waals surface area (Å²) in [5.41, 5.74) is 3.70. The smallest absolute Gasteiger partial charge is 0.408 e. The van der Waals surface area contributed by atoms with Crippen molar-refractivity contribution < 1.29 is 24.2 Å². The highest BCUT2D eigenvalue weighted by Gasteiger charge is 2.54. The van der Waals surface area contributed by atoms with Gasteiger partial charge in [0.25, 0.3) is 0 Å². The Hall–Kier alpha value is -3.35. The second-order valence-corrected chi connectivity index (χ2v) is 8.94. The van der Waals surface area contributed by atoms with E-state index in [1.165, 1.54) is 0 Å². The molecule has 166 valence electrons.